The zero-order valence-corrected chi connectivity index (χ0v) is 12.8. The molecule has 3 aromatic rings. The Labute approximate surface area is 132 Å². The van der Waals surface area contributed by atoms with Gasteiger partial charge in [-0.25, -0.2) is 4.68 Å². The first kappa shape index (κ1) is 14.5. The second-order valence-electron chi connectivity index (χ2n) is 4.20. The summed E-state index contributed by atoms with van der Waals surface area (Å²) in [5, 5.41) is 25.1. The SMILES string of the molecule is Nn1c(SCCn2ccc([N+](=O)[O-])n2)nnc1-c1cccs1. The largest absolute Gasteiger partial charge is 0.389 e. The quantitative estimate of drug-likeness (QED) is 0.314. The zero-order valence-electron chi connectivity index (χ0n) is 11.2. The van der Waals surface area contributed by atoms with Crippen molar-refractivity contribution in [2.24, 2.45) is 0 Å². The van der Waals surface area contributed by atoms with E-state index in [9.17, 15) is 10.1 Å². The molecule has 22 heavy (non-hydrogen) atoms. The van der Waals surface area contributed by atoms with Crippen LogP contribution in [0.5, 0.6) is 0 Å². The average molecular weight is 337 g/mol. The van der Waals surface area contributed by atoms with Gasteiger partial charge >= 0.3 is 5.82 Å². The van der Waals surface area contributed by atoms with Gasteiger partial charge in [0, 0.05) is 5.75 Å². The van der Waals surface area contributed by atoms with Crippen LogP contribution in [0, 0.1) is 10.1 Å². The lowest BCUT2D eigenvalue weighted by Crippen LogP contribution is -2.12. The van der Waals surface area contributed by atoms with Crippen molar-refractivity contribution in [1.82, 2.24) is 24.7 Å². The molecule has 0 saturated carbocycles. The Morgan fingerprint density at radius 2 is 2.27 bits per heavy atom. The van der Waals surface area contributed by atoms with E-state index in [4.69, 9.17) is 5.84 Å². The molecule has 0 unspecified atom stereocenters. The normalized spacial score (nSPS) is 10.9. The molecule has 3 aromatic heterocycles. The van der Waals surface area contributed by atoms with Gasteiger partial charge < -0.3 is 16.0 Å². The van der Waals surface area contributed by atoms with Crippen LogP contribution < -0.4 is 5.84 Å². The van der Waals surface area contributed by atoms with Gasteiger partial charge in [0.25, 0.3) is 0 Å². The van der Waals surface area contributed by atoms with Crippen molar-refractivity contribution >= 4 is 28.9 Å². The number of nitrogen functional groups attached to an aromatic ring is 1. The van der Waals surface area contributed by atoms with Crippen molar-refractivity contribution in [2.75, 3.05) is 11.6 Å². The van der Waals surface area contributed by atoms with Crippen LogP contribution in [0.25, 0.3) is 10.7 Å². The maximum absolute atomic E-state index is 10.6. The molecule has 0 aliphatic heterocycles. The first-order valence-corrected chi connectivity index (χ1v) is 8.06. The molecule has 0 atom stereocenters. The zero-order chi connectivity index (χ0) is 15.5. The molecule has 0 spiro atoms. The third-order valence-corrected chi connectivity index (χ3v) is 4.56. The summed E-state index contributed by atoms with van der Waals surface area (Å²) in [6.45, 7) is 0.514. The van der Waals surface area contributed by atoms with Crippen LogP contribution in [0.2, 0.25) is 0 Å². The van der Waals surface area contributed by atoms with E-state index in [1.54, 1.807) is 6.20 Å². The minimum absolute atomic E-state index is 0.160. The first-order valence-electron chi connectivity index (χ1n) is 6.20. The van der Waals surface area contributed by atoms with Crippen molar-refractivity contribution in [3.63, 3.8) is 0 Å². The lowest BCUT2D eigenvalue weighted by molar-refractivity contribution is -0.389. The Bertz CT molecular complexity index is 780. The summed E-state index contributed by atoms with van der Waals surface area (Å²) in [7, 11) is 0. The summed E-state index contributed by atoms with van der Waals surface area (Å²) in [4.78, 5) is 11.0. The van der Waals surface area contributed by atoms with Gasteiger partial charge in [-0.05, 0) is 16.4 Å². The Balaban J connectivity index is 1.61. The summed E-state index contributed by atoms with van der Waals surface area (Å²) in [6, 6.07) is 5.21. The monoisotopic (exact) mass is 337 g/mol. The minimum atomic E-state index is -0.520. The number of rotatable bonds is 6. The Morgan fingerprint density at radius 1 is 1.41 bits per heavy atom. The van der Waals surface area contributed by atoms with Crippen LogP contribution >= 0.6 is 23.1 Å². The molecule has 0 aromatic carbocycles. The molecule has 114 valence electrons. The highest BCUT2D eigenvalue weighted by molar-refractivity contribution is 7.99. The second-order valence-corrected chi connectivity index (χ2v) is 6.21. The smallest absolute Gasteiger partial charge is 0.358 e. The van der Waals surface area contributed by atoms with Gasteiger partial charge in [-0.1, -0.05) is 17.8 Å². The maximum atomic E-state index is 10.6. The van der Waals surface area contributed by atoms with Crippen molar-refractivity contribution in [3.05, 3.63) is 39.9 Å². The van der Waals surface area contributed by atoms with Crippen LogP contribution in [0.4, 0.5) is 5.82 Å². The molecule has 0 bridgehead atoms. The molecule has 0 saturated heterocycles. The summed E-state index contributed by atoms with van der Waals surface area (Å²) in [5.74, 6) is 7.06. The predicted octanol–water partition coefficient (Wildman–Crippen LogP) is 1.62. The number of aromatic nitrogens is 5. The fourth-order valence-corrected chi connectivity index (χ4v) is 3.24. The number of nitrogens with zero attached hydrogens (tertiary/aromatic N) is 6. The average Bonchev–Trinajstić information content (AvgIpc) is 3.20. The Hall–Kier alpha value is -2.40. The Morgan fingerprint density at radius 3 is 2.95 bits per heavy atom. The van der Waals surface area contributed by atoms with E-state index < -0.39 is 4.92 Å². The van der Waals surface area contributed by atoms with E-state index in [0.29, 0.717) is 23.3 Å². The number of thioether (sulfide) groups is 1. The Kier molecular flexibility index (Phi) is 4.06. The summed E-state index contributed by atoms with van der Waals surface area (Å²) < 4.78 is 2.96. The summed E-state index contributed by atoms with van der Waals surface area (Å²) in [6.07, 6.45) is 1.57. The molecule has 2 N–H and O–H groups in total. The van der Waals surface area contributed by atoms with E-state index in [-0.39, 0.29) is 5.82 Å². The van der Waals surface area contributed by atoms with Crippen LogP contribution in [-0.2, 0) is 6.54 Å². The number of hydrogen-bond acceptors (Lipinski definition) is 8. The topological polar surface area (TPSA) is 118 Å². The highest BCUT2D eigenvalue weighted by Crippen LogP contribution is 2.25. The third-order valence-electron chi connectivity index (χ3n) is 2.77. The number of hydrogen-bond donors (Lipinski definition) is 1. The molecule has 11 heteroatoms. The number of aryl methyl sites for hydroxylation is 1. The standard InChI is InChI=1S/C11H11N7O2S2/c12-17-10(8-2-1-6-21-8)13-14-11(17)22-7-5-16-4-3-9(15-16)18(19)20/h1-4,6H,5,7,12H2. The second kappa shape index (κ2) is 6.15. The highest BCUT2D eigenvalue weighted by atomic mass is 32.2. The first-order chi connectivity index (χ1) is 10.6. The molecule has 0 amide bonds. The van der Waals surface area contributed by atoms with Crippen molar-refractivity contribution in [1.29, 1.82) is 0 Å². The predicted molar refractivity (Wildman–Crippen MR) is 83.1 cm³/mol. The van der Waals surface area contributed by atoms with Crippen molar-refractivity contribution in [2.45, 2.75) is 11.7 Å². The van der Waals surface area contributed by atoms with E-state index in [2.05, 4.69) is 15.3 Å². The third kappa shape index (κ3) is 2.94. The van der Waals surface area contributed by atoms with E-state index in [1.165, 1.54) is 38.5 Å². The minimum Gasteiger partial charge on any atom is -0.358 e. The number of nitrogens with two attached hydrogens (primary N) is 1. The molecule has 9 nitrogen and oxygen atoms in total. The van der Waals surface area contributed by atoms with Gasteiger partial charge in [-0.3, -0.25) is 0 Å². The number of nitro groups is 1. The fraction of sp³-hybridized carbons (Fsp3) is 0.182. The number of thiophene rings is 1. The van der Waals surface area contributed by atoms with Gasteiger partial charge in [-0.2, -0.15) is 4.68 Å². The molecule has 0 aliphatic rings. The van der Waals surface area contributed by atoms with Gasteiger partial charge in [0.15, 0.2) is 5.82 Å². The van der Waals surface area contributed by atoms with Crippen LogP contribution in [0.15, 0.2) is 34.9 Å². The van der Waals surface area contributed by atoms with E-state index in [0.717, 1.165) is 4.88 Å². The van der Waals surface area contributed by atoms with Gasteiger partial charge in [0.2, 0.25) is 5.16 Å². The fourth-order valence-electron chi connectivity index (χ4n) is 1.75. The van der Waals surface area contributed by atoms with E-state index in [1.807, 2.05) is 17.5 Å². The van der Waals surface area contributed by atoms with Gasteiger partial charge in [0.05, 0.1) is 28.8 Å². The van der Waals surface area contributed by atoms with Crippen molar-refractivity contribution < 1.29 is 4.92 Å². The summed E-state index contributed by atoms with van der Waals surface area (Å²) in [5.41, 5.74) is 0. The molecule has 0 radical (unpaired) electrons. The molecular weight excluding hydrogens is 326 g/mol. The molecular formula is C11H11N7O2S2. The van der Waals surface area contributed by atoms with Crippen LogP contribution in [0.1, 0.15) is 0 Å². The maximum Gasteiger partial charge on any atom is 0.389 e. The highest BCUT2D eigenvalue weighted by Gasteiger charge is 2.14. The summed E-state index contributed by atoms with van der Waals surface area (Å²) >= 11 is 2.96. The lowest BCUT2D eigenvalue weighted by atomic mass is 10.4. The molecule has 0 fully saturated rings. The molecule has 3 heterocycles. The van der Waals surface area contributed by atoms with Gasteiger partial charge in [0.1, 0.15) is 0 Å². The van der Waals surface area contributed by atoms with E-state index >= 15 is 0 Å². The van der Waals surface area contributed by atoms with Gasteiger partial charge in [-0.15, -0.1) is 21.5 Å². The van der Waals surface area contributed by atoms with Crippen molar-refractivity contribution in [3.8, 4) is 10.7 Å². The lowest BCUT2D eigenvalue weighted by Gasteiger charge is -2.01. The van der Waals surface area contributed by atoms with Crippen LogP contribution in [-0.4, -0.2) is 35.3 Å². The molecule has 0 aliphatic carbocycles. The molecule has 3 rings (SSSR count). The van der Waals surface area contributed by atoms with Crippen LogP contribution in [0.3, 0.4) is 0 Å².